The van der Waals surface area contributed by atoms with Gasteiger partial charge in [-0.1, -0.05) is 48.6 Å². The number of pyridine rings is 1. The molecule has 0 bridgehead atoms. The van der Waals surface area contributed by atoms with Crippen LogP contribution in [0.2, 0.25) is 0 Å². The summed E-state index contributed by atoms with van der Waals surface area (Å²) < 4.78 is 0. The molecule has 2 aromatic heterocycles. The van der Waals surface area contributed by atoms with Gasteiger partial charge in [0.15, 0.2) is 0 Å². The van der Waals surface area contributed by atoms with E-state index in [0.29, 0.717) is 0 Å². The molecule has 0 saturated carbocycles. The number of hydrogen-bond donors (Lipinski definition) is 1. The van der Waals surface area contributed by atoms with Gasteiger partial charge in [0.2, 0.25) is 5.91 Å². The Morgan fingerprint density at radius 2 is 1.93 bits per heavy atom. The molecule has 0 radical (unpaired) electrons. The first-order valence-electron chi connectivity index (χ1n) is 9.34. The number of hydrogen-bond acceptors (Lipinski definition) is 4. The predicted octanol–water partition coefficient (Wildman–Crippen LogP) is 5.80. The summed E-state index contributed by atoms with van der Waals surface area (Å²) >= 11 is 1.58. The SMILES string of the molecule is CC[C@@H](C(=O)Nc1ccc(-c2nc3cccnc3s2)cc1C)c1ccccc1. The Morgan fingerprint density at radius 1 is 1.11 bits per heavy atom. The minimum absolute atomic E-state index is 0.0220. The molecule has 0 aliphatic carbocycles. The second-order valence-electron chi connectivity index (χ2n) is 6.74. The summed E-state index contributed by atoms with van der Waals surface area (Å²) in [5.41, 5.74) is 4.84. The van der Waals surface area contributed by atoms with Crippen LogP contribution >= 0.6 is 11.3 Å². The van der Waals surface area contributed by atoms with Crippen molar-refractivity contribution in [2.75, 3.05) is 5.32 Å². The molecule has 4 nitrogen and oxygen atoms in total. The lowest BCUT2D eigenvalue weighted by atomic mass is 9.95. The molecule has 28 heavy (non-hydrogen) atoms. The summed E-state index contributed by atoms with van der Waals surface area (Å²) in [5, 5.41) is 4.03. The minimum atomic E-state index is -0.157. The van der Waals surface area contributed by atoms with Crippen LogP contribution < -0.4 is 5.32 Å². The van der Waals surface area contributed by atoms with Gasteiger partial charge in [-0.05, 0) is 54.8 Å². The monoisotopic (exact) mass is 387 g/mol. The van der Waals surface area contributed by atoms with Crippen LogP contribution in [0, 0.1) is 6.92 Å². The topological polar surface area (TPSA) is 54.9 Å². The molecule has 0 unspecified atom stereocenters. The third-order valence-electron chi connectivity index (χ3n) is 4.82. The molecule has 1 N–H and O–H groups in total. The highest BCUT2D eigenvalue weighted by Crippen LogP contribution is 2.31. The first kappa shape index (κ1) is 18.3. The molecule has 0 aliphatic heterocycles. The van der Waals surface area contributed by atoms with Crippen molar-refractivity contribution in [1.82, 2.24) is 9.97 Å². The van der Waals surface area contributed by atoms with Gasteiger partial charge in [0.05, 0.1) is 5.92 Å². The van der Waals surface area contributed by atoms with E-state index in [1.165, 1.54) is 0 Å². The van der Waals surface area contributed by atoms with Crippen LogP contribution in [0.1, 0.15) is 30.4 Å². The van der Waals surface area contributed by atoms with Crippen molar-refractivity contribution in [2.24, 2.45) is 0 Å². The lowest BCUT2D eigenvalue weighted by Gasteiger charge is -2.17. The third kappa shape index (κ3) is 3.66. The van der Waals surface area contributed by atoms with E-state index in [1.807, 2.05) is 68.4 Å². The molecule has 5 heteroatoms. The fourth-order valence-electron chi connectivity index (χ4n) is 3.31. The van der Waals surface area contributed by atoms with Gasteiger partial charge in [-0.3, -0.25) is 4.79 Å². The van der Waals surface area contributed by atoms with Gasteiger partial charge in [-0.2, -0.15) is 0 Å². The Labute approximate surface area is 168 Å². The first-order valence-corrected chi connectivity index (χ1v) is 10.2. The molecule has 2 aromatic carbocycles. The maximum Gasteiger partial charge on any atom is 0.231 e. The van der Waals surface area contributed by atoms with Gasteiger partial charge in [-0.15, -0.1) is 0 Å². The number of nitrogens with zero attached hydrogens (tertiary/aromatic N) is 2. The molecule has 2 heterocycles. The summed E-state index contributed by atoms with van der Waals surface area (Å²) in [6.45, 7) is 4.04. The van der Waals surface area contributed by atoms with E-state index < -0.39 is 0 Å². The summed E-state index contributed by atoms with van der Waals surface area (Å²) in [6, 6.07) is 19.8. The van der Waals surface area contributed by atoms with Crippen LogP contribution in [0.25, 0.3) is 20.9 Å². The standard InChI is InChI=1S/C23H21N3OS/c1-3-18(16-8-5-4-6-9-16)21(27)25-19-12-11-17(14-15(19)2)22-26-20-10-7-13-24-23(20)28-22/h4-14,18H,3H2,1-2H3,(H,25,27)/t18-/m1/s1. The maximum atomic E-state index is 12.8. The van der Waals surface area contributed by atoms with Crippen molar-refractivity contribution < 1.29 is 4.79 Å². The summed E-state index contributed by atoms with van der Waals surface area (Å²) in [5.74, 6) is -0.135. The predicted molar refractivity (Wildman–Crippen MR) is 116 cm³/mol. The number of carbonyl (C=O) groups is 1. The third-order valence-corrected chi connectivity index (χ3v) is 5.85. The van der Waals surface area contributed by atoms with Crippen molar-refractivity contribution in [3.63, 3.8) is 0 Å². The van der Waals surface area contributed by atoms with Crippen molar-refractivity contribution in [2.45, 2.75) is 26.2 Å². The largest absolute Gasteiger partial charge is 0.325 e. The fourth-order valence-corrected chi connectivity index (χ4v) is 4.21. The van der Waals surface area contributed by atoms with Gasteiger partial charge in [0.25, 0.3) is 0 Å². The number of rotatable bonds is 5. The molecule has 1 atom stereocenters. The second kappa shape index (κ2) is 7.90. The van der Waals surface area contributed by atoms with E-state index in [0.717, 1.165) is 44.2 Å². The van der Waals surface area contributed by atoms with E-state index in [4.69, 9.17) is 0 Å². The van der Waals surface area contributed by atoms with Crippen LogP contribution in [0.15, 0.2) is 66.9 Å². The van der Waals surface area contributed by atoms with Gasteiger partial charge < -0.3 is 5.32 Å². The Hall–Kier alpha value is -3.05. The van der Waals surface area contributed by atoms with Crippen LogP contribution in [0.4, 0.5) is 5.69 Å². The average molecular weight is 388 g/mol. The molecule has 140 valence electrons. The first-order chi connectivity index (χ1) is 13.7. The summed E-state index contributed by atoms with van der Waals surface area (Å²) in [7, 11) is 0. The van der Waals surface area contributed by atoms with Gasteiger partial charge in [-0.25, -0.2) is 9.97 Å². The second-order valence-corrected chi connectivity index (χ2v) is 7.71. The molecule has 0 spiro atoms. The number of benzene rings is 2. The van der Waals surface area contributed by atoms with Crippen LogP contribution in [0.3, 0.4) is 0 Å². The van der Waals surface area contributed by atoms with Gasteiger partial charge in [0.1, 0.15) is 15.4 Å². The van der Waals surface area contributed by atoms with Crippen LogP contribution in [-0.2, 0) is 4.79 Å². The number of carbonyl (C=O) groups excluding carboxylic acids is 1. The molecule has 0 aliphatic rings. The molecular formula is C23H21N3OS. The van der Waals surface area contributed by atoms with Crippen molar-refractivity contribution >= 4 is 33.3 Å². The van der Waals surface area contributed by atoms with E-state index >= 15 is 0 Å². The molecular weight excluding hydrogens is 366 g/mol. The number of aryl methyl sites for hydroxylation is 1. The zero-order valence-electron chi connectivity index (χ0n) is 15.8. The molecule has 4 aromatic rings. The Kier molecular flexibility index (Phi) is 5.17. The van der Waals surface area contributed by atoms with E-state index in [9.17, 15) is 4.79 Å². The fraction of sp³-hybridized carbons (Fsp3) is 0.174. The van der Waals surface area contributed by atoms with Crippen LogP contribution in [-0.4, -0.2) is 15.9 Å². The number of amides is 1. The maximum absolute atomic E-state index is 12.8. The van der Waals surface area contributed by atoms with E-state index in [1.54, 1.807) is 17.5 Å². The lowest BCUT2D eigenvalue weighted by molar-refractivity contribution is -0.117. The normalized spacial score (nSPS) is 12.1. The molecule has 0 fully saturated rings. The Bertz CT molecular complexity index is 1090. The van der Waals surface area contributed by atoms with E-state index in [2.05, 4.69) is 21.4 Å². The van der Waals surface area contributed by atoms with Crippen molar-refractivity contribution in [1.29, 1.82) is 0 Å². The zero-order valence-corrected chi connectivity index (χ0v) is 16.7. The number of thiazole rings is 1. The highest BCUT2D eigenvalue weighted by molar-refractivity contribution is 7.21. The Balaban J connectivity index is 1.57. The van der Waals surface area contributed by atoms with Gasteiger partial charge >= 0.3 is 0 Å². The quantitative estimate of drug-likeness (QED) is 0.471. The number of nitrogens with one attached hydrogen (secondary N) is 1. The zero-order chi connectivity index (χ0) is 19.5. The lowest BCUT2D eigenvalue weighted by Crippen LogP contribution is -2.21. The minimum Gasteiger partial charge on any atom is -0.325 e. The highest BCUT2D eigenvalue weighted by atomic mass is 32.1. The number of anilines is 1. The number of aromatic nitrogens is 2. The summed E-state index contributed by atoms with van der Waals surface area (Å²) in [6.07, 6.45) is 2.54. The van der Waals surface area contributed by atoms with Crippen LogP contribution in [0.5, 0.6) is 0 Å². The number of fused-ring (bicyclic) bond motifs is 1. The Morgan fingerprint density at radius 3 is 2.64 bits per heavy atom. The van der Waals surface area contributed by atoms with E-state index in [-0.39, 0.29) is 11.8 Å². The van der Waals surface area contributed by atoms with Crippen molar-refractivity contribution in [3.05, 3.63) is 78.0 Å². The molecule has 1 amide bonds. The summed E-state index contributed by atoms with van der Waals surface area (Å²) in [4.78, 5) is 22.8. The average Bonchev–Trinajstić information content (AvgIpc) is 3.15. The van der Waals surface area contributed by atoms with Crippen molar-refractivity contribution in [3.8, 4) is 10.6 Å². The molecule has 4 rings (SSSR count). The van der Waals surface area contributed by atoms with Gasteiger partial charge in [0, 0.05) is 17.4 Å². The smallest absolute Gasteiger partial charge is 0.231 e. The molecule has 0 saturated heterocycles. The highest BCUT2D eigenvalue weighted by Gasteiger charge is 2.19.